The molecule has 10 atom stereocenters. The van der Waals surface area contributed by atoms with Crippen LogP contribution >= 0.6 is 0 Å². The lowest BCUT2D eigenvalue weighted by Crippen LogP contribution is -2.71. The van der Waals surface area contributed by atoms with Gasteiger partial charge in [-0.1, -0.05) is 34.6 Å². The Hall–Kier alpha value is -0.450. The lowest BCUT2D eigenvalue weighted by molar-refractivity contribution is -0.274. The number of carbonyl (C=O) groups is 1. The third-order valence-corrected chi connectivity index (χ3v) is 11.6. The van der Waals surface area contributed by atoms with Gasteiger partial charge in [-0.2, -0.15) is 0 Å². The number of ether oxygens (including phenoxy) is 1. The van der Waals surface area contributed by atoms with Gasteiger partial charge in [-0.15, -0.1) is 0 Å². The molecule has 5 rings (SSSR count). The van der Waals surface area contributed by atoms with E-state index >= 15 is 0 Å². The number of fused-ring (bicyclic) bond motifs is 5. The molecule has 30 heavy (non-hydrogen) atoms. The molecular weight excluding hydrogens is 376 g/mol. The normalized spacial score (nSPS) is 57.6. The second-order valence-corrected chi connectivity index (χ2v) is 12.9. The van der Waals surface area contributed by atoms with E-state index in [-0.39, 0.29) is 27.9 Å². The molecule has 4 saturated carbocycles. The van der Waals surface area contributed by atoms with Crippen LogP contribution in [0, 0.1) is 51.2 Å². The van der Waals surface area contributed by atoms with Crippen molar-refractivity contribution in [1.29, 1.82) is 0 Å². The van der Waals surface area contributed by atoms with E-state index in [0.29, 0.717) is 30.1 Å². The average Bonchev–Trinajstić information content (AvgIpc) is 3.31. The highest BCUT2D eigenvalue weighted by atomic mass is 16.5. The largest absolute Gasteiger partial charge is 0.390 e. The monoisotopic (exact) mass is 418 g/mol. The fourth-order valence-corrected chi connectivity index (χ4v) is 10.4. The van der Waals surface area contributed by atoms with Gasteiger partial charge in [0.05, 0.1) is 12.2 Å². The van der Waals surface area contributed by atoms with Crippen LogP contribution < -0.4 is 0 Å². The zero-order valence-electron chi connectivity index (χ0n) is 19.6. The lowest BCUT2D eigenvalue weighted by Gasteiger charge is -2.70. The van der Waals surface area contributed by atoms with Crippen LogP contribution in [0.5, 0.6) is 0 Å². The summed E-state index contributed by atoms with van der Waals surface area (Å²) in [5.74, 6) is 2.20. The Morgan fingerprint density at radius 2 is 1.60 bits per heavy atom. The summed E-state index contributed by atoms with van der Waals surface area (Å²) in [7, 11) is 0. The van der Waals surface area contributed by atoms with Crippen LogP contribution in [0.4, 0.5) is 0 Å². The number of hydrogen-bond acceptors (Lipinski definition) is 4. The molecule has 0 aromatic heterocycles. The SMILES string of the molecule is CC1(C)C(=O)CC[C@]2(C)[C@H]3CC[C@]4(C)[C@@H](CC[C@H]4[C@H]4CCOC4)[C@]3(C)[C@H](O)[C@H](O)[C@@H]12. The Bertz CT molecular complexity index is 727. The minimum atomic E-state index is -0.827. The molecule has 4 heteroatoms. The summed E-state index contributed by atoms with van der Waals surface area (Å²) in [6, 6.07) is 0. The molecule has 4 nitrogen and oxygen atoms in total. The van der Waals surface area contributed by atoms with Crippen molar-refractivity contribution in [1.82, 2.24) is 0 Å². The highest BCUT2D eigenvalue weighted by Gasteiger charge is 2.72. The first-order valence-corrected chi connectivity index (χ1v) is 12.5. The van der Waals surface area contributed by atoms with Gasteiger partial charge in [0.1, 0.15) is 5.78 Å². The van der Waals surface area contributed by atoms with Gasteiger partial charge in [0.25, 0.3) is 0 Å². The van der Waals surface area contributed by atoms with Crippen molar-refractivity contribution >= 4 is 5.78 Å². The summed E-state index contributed by atoms with van der Waals surface area (Å²) in [5.41, 5.74) is -0.745. The lowest BCUT2D eigenvalue weighted by atomic mass is 9.35. The smallest absolute Gasteiger partial charge is 0.138 e. The fraction of sp³-hybridized carbons (Fsp3) is 0.962. The van der Waals surface area contributed by atoms with E-state index in [1.807, 2.05) is 13.8 Å². The van der Waals surface area contributed by atoms with Crippen LogP contribution in [0.25, 0.3) is 0 Å². The first-order chi connectivity index (χ1) is 14.0. The molecule has 0 spiro atoms. The highest BCUT2D eigenvalue weighted by molar-refractivity contribution is 5.85. The maximum Gasteiger partial charge on any atom is 0.138 e. The van der Waals surface area contributed by atoms with Crippen LogP contribution in [-0.2, 0) is 9.53 Å². The van der Waals surface area contributed by atoms with Gasteiger partial charge in [-0.05, 0) is 73.0 Å². The maximum atomic E-state index is 12.8. The summed E-state index contributed by atoms with van der Waals surface area (Å²) >= 11 is 0. The Morgan fingerprint density at radius 3 is 2.27 bits per heavy atom. The van der Waals surface area contributed by atoms with E-state index in [0.717, 1.165) is 32.5 Å². The third kappa shape index (κ3) is 2.42. The number of ketones is 1. The van der Waals surface area contributed by atoms with Crippen molar-refractivity contribution in [2.75, 3.05) is 13.2 Å². The van der Waals surface area contributed by atoms with Gasteiger partial charge >= 0.3 is 0 Å². The minimum absolute atomic E-state index is 0.0965. The number of aliphatic hydroxyl groups is 2. The molecule has 0 aromatic carbocycles. The summed E-state index contributed by atoms with van der Waals surface area (Å²) < 4.78 is 5.76. The van der Waals surface area contributed by atoms with Crippen LogP contribution in [0.15, 0.2) is 0 Å². The molecule has 0 unspecified atom stereocenters. The van der Waals surface area contributed by atoms with E-state index in [2.05, 4.69) is 20.8 Å². The topological polar surface area (TPSA) is 66.8 Å². The van der Waals surface area contributed by atoms with Gasteiger partial charge in [-0.3, -0.25) is 4.79 Å². The van der Waals surface area contributed by atoms with Crippen molar-refractivity contribution in [3.8, 4) is 0 Å². The molecule has 1 heterocycles. The molecule has 0 radical (unpaired) electrons. The average molecular weight is 419 g/mol. The highest BCUT2D eigenvalue weighted by Crippen LogP contribution is 2.74. The predicted octanol–water partition coefficient (Wildman–Crippen LogP) is 4.22. The molecule has 5 fully saturated rings. The van der Waals surface area contributed by atoms with Crippen molar-refractivity contribution in [2.24, 2.45) is 51.2 Å². The molecule has 2 N–H and O–H groups in total. The second kappa shape index (κ2) is 6.54. The summed E-state index contributed by atoms with van der Waals surface area (Å²) in [4.78, 5) is 12.8. The van der Waals surface area contributed by atoms with Crippen molar-refractivity contribution < 1.29 is 19.7 Å². The Morgan fingerprint density at radius 1 is 0.900 bits per heavy atom. The zero-order chi connectivity index (χ0) is 21.7. The standard InChI is InChI=1S/C26H42O4/c1-23(2)19(27)9-12-25(4)18-8-11-24(3)16(15-10-13-30-14-15)6-7-17(24)26(18,5)22(29)20(28)21(23)25/h15-18,20-22,28-29H,6-14H2,1-5H3/t15-,16-,17+,18+,20+,21-,22+,24-,25+,26-/m0/s1. The Balaban J connectivity index is 1.56. The first-order valence-electron chi connectivity index (χ1n) is 12.5. The van der Waals surface area contributed by atoms with Crippen molar-refractivity contribution in [3.63, 3.8) is 0 Å². The molecule has 170 valence electrons. The first kappa shape index (κ1) is 21.4. The predicted molar refractivity (Wildman–Crippen MR) is 116 cm³/mol. The molecular formula is C26H42O4. The molecule has 0 aromatic rings. The summed E-state index contributed by atoms with van der Waals surface area (Å²) in [6.45, 7) is 12.9. The van der Waals surface area contributed by atoms with E-state index in [1.54, 1.807) is 0 Å². The summed E-state index contributed by atoms with van der Waals surface area (Å²) in [6.07, 6.45) is 5.75. The second-order valence-electron chi connectivity index (χ2n) is 12.9. The number of aliphatic hydroxyl groups excluding tert-OH is 2. The van der Waals surface area contributed by atoms with E-state index < -0.39 is 17.6 Å². The van der Waals surface area contributed by atoms with Crippen LogP contribution in [0.2, 0.25) is 0 Å². The molecule has 1 aliphatic heterocycles. The summed E-state index contributed by atoms with van der Waals surface area (Å²) in [5, 5.41) is 23.3. The van der Waals surface area contributed by atoms with E-state index in [9.17, 15) is 15.0 Å². The van der Waals surface area contributed by atoms with Gasteiger partial charge in [0.2, 0.25) is 0 Å². The minimum Gasteiger partial charge on any atom is -0.390 e. The van der Waals surface area contributed by atoms with Gasteiger partial charge in [-0.25, -0.2) is 0 Å². The Kier molecular flexibility index (Phi) is 4.67. The molecule has 4 aliphatic carbocycles. The number of rotatable bonds is 1. The van der Waals surface area contributed by atoms with Crippen molar-refractivity contribution in [2.45, 2.75) is 91.8 Å². The quantitative estimate of drug-likeness (QED) is 0.669. The van der Waals surface area contributed by atoms with E-state index in [1.165, 1.54) is 19.3 Å². The molecule has 0 amide bonds. The zero-order valence-corrected chi connectivity index (χ0v) is 19.6. The number of Topliss-reactive ketones (excluding diaryl/α,β-unsaturated/α-hetero) is 1. The van der Waals surface area contributed by atoms with E-state index in [4.69, 9.17) is 4.74 Å². The molecule has 0 bridgehead atoms. The maximum absolute atomic E-state index is 12.8. The van der Waals surface area contributed by atoms with Gasteiger partial charge < -0.3 is 14.9 Å². The molecule has 1 saturated heterocycles. The fourth-order valence-electron chi connectivity index (χ4n) is 10.4. The number of hydrogen-bond donors (Lipinski definition) is 2. The molecule has 5 aliphatic rings. The Labute approximate surface area is 182 Å². The van der Waals surface area contributed by atoms with Crippen LogP contribution in [-0.4, -0.2) is 41.4 Å². The van der Waals surface area contributed by atoms with Gasteiger partial charge in [0.15, 0.2) is 0 Å². The van der Waals surface area contributed by atoms with Crippen LogP contribution in [0.1, 0.15) is 79.6 Å². The number of carbonyl (C=O) groups excluding carboxylic acids is 1. The van der Waals surface area contributed by atoms with Crippen molar-refractivity contribution in [3.05, 3.63) is 0 Å². The van der Waals surface area contributed by atoms with Crippen LogP contribution in [0.3, 0.4) is 0 Å². The van der Waals surface area contributed by atoms with Gasteiger partial charge in [0, 0.05) is 36.4 Å². The third-order valence-electron chi connectivity index (χ3n) is 11.6.